The number of fused-ring (bicyclic) bond motifs is 2. The molecule has 2 nitrogen and oxygen atoms in total. The fourth-order valence-corrected chi connectivity index (χ4v) is 4.27. The lowest BCUT2D eigenvalue weighted by Gasteiger charge is -2.13. The first-order valence-corrected chi connectivity index (χ1v) is 13.5. The van der Waals surface area contributed by atoms with Crippen LogP contribution >= 0.6 is 0 Å². The molecular weight excluding hydrogens is 640 g/mol. The number of halogens is 12. The van der Waals surface area contributed by atoms with E-state index in [0.29, 0.717) is 24.3 Å². The van der Waals surface area contributed by atoms with Gasteiger partial charge in [-0.25, -0.2) is 9.97 Å². The van der Waals surface area contributed by atoms with Crippen LogP contribution in [0.5, 0.6) is 0 Å². The number of para-hydroxylation sites is 2. The van der Waals surface area contributed by atoms with Crippen molar-refractivity contribution in [3.63, 3.8) is 0 Å². The van der Waals surface area contributed by atoms with Crippen LogP contribution in [-0.2, 0) is 24.7 Å². The number of pyridine rings is 2. The Morgan fingerprint density at radius 2 is 0.848 bits per heavy atom. The van der Waals surface area contributed by atoms with Gasteiger partial charge in [0.25, 0.3) is 0 Å². The molecule has 46 heavy (non-hydrogen) atoms. The number of aromatic nitrogens is 2. The van der Waals surface area contributed by atoms with Gasteiger partial charge in [0.1, 0.15) is 11.4 Å². The van der Waals surface area contributed by atoms with Crippen molar-refractivity contribution in [3.05, 3.63) is 82.2 Å². The van der Waals surface area contributed by atoms with Gasteiger partial charge < -0.3 is 0 Å². The highest BCUT2D eigenvalue weighted by atomic mass is 19.4. The fourth-order valence-electron chi connectivity index (χ4n) is 4.27. The Kier molecular flexibility index (Phi) is 8.39. The van der Waals surface area contributed by atoms with Crippen molar-refractivity contribution in [1.82, 2.24) is 9.97 Å². The van der Waals surface area contributed by atoms with Gasteiger partial charge in [0, 0.05) is 33.7 Å². The molecule has 2 heterocycles. The average molecular weight is 658 g/mol. The fraction of sp³-hybridized carbons (Fsp3) is 0.312. The third kappa shape index (κ3) is 7.66. The lowest BCUT2D eigenvalue weighted by atomic mass is 10.0. The molecule has 0 unspecified atom stereocenters. The molecule has 6 rings (SSSR count). The Morgan fingerprint density at radius 3 is 1.13 bits per heavy atom. The number of benzene rings is 2. The SMILES string of the molecule is FC(F)(F)c1cc(C#CC2CC2)c2cccc(C(F)(F)F)c2n1.FC(F)(F)c1cc(C#CC2CC2)c2cccc(C(F)(F)F)c2n1. The summed E-state index contributed by atoms with van der Waals surface area (Å²) in [6.07, 6.45) is -15.8. The number of hydrogen-bond donors (Lipinski definition) is 0. The second kappa shape index (κ2) is 11.7. The summed E-state index contributed by atoms with van der Waals surface area (Å²) in [6, 6.07) is 7.73. The van der Waals surface area contributed by atoms with Crippen molar-refractivity contribution in [2.75, 3.05) is 0 Å². The summed E-state index contributed by atoms with van der Waals surface area (Å²) in [4.78, 5) is 6.41. The second-order valence-corrected chi connectivity index (χ2v) is 10.6. The molecule has 240 valence electrons. The van der Waals surface area contributed by atoms with Crippen molar-refractivity contribution >= 4 is 21.8 Å². The van der Waals surface area contributed by atoms with E-state index in [1.54, 1.807) is 0 Å². The topological polar surface area (TPSA) is 25.8 Å². The van der Waals surface area contributed by atoms with Gasteiger partial charge in [0.15, 0.2) is 0 Å². The predicted octanol–water partition coefficient (Wildman–Crippen LogP) is 10.1. The number of nitrogens with zero attached hydrogens (tertiary/aromatic N) is 2. The van der Waals surface area contributed by atoms with E-state index in [9.17, 15) is 52.7 Å². The van der Waals surface area contributed by atoms with Gasteiger partial charge in [-0.15, -0.1) is 0 Å². The maximum atomic E-state index is 13.0. The Morgan fingerprint density at radius 1 is 0.500 bits per heavy atom. The molecule has 14 heteroatoms. The molecule has 0 amide bonds. The summed E-state index contributed by atoms with van der Waals surface area (Å²) in [7, 11) is 0. The first-order valence-electron chi connectivity index (χ1n) is 13.5. The van der Waals surface area contributed by atoms with Crippen LogP contribution in [0, 0.1) is 35.5 Å². The Labute approximate surface area is 252 Å². The molecule has 0 atom stereocenters. The van der Waals surface area contributed by atoms with Crippen LogP contribution in [0.15, 0.2) is 48.5 Å². The van der Waals surface area contributed by atoms with Crippen LogP contribution < -0.4 is 0 Å². The number of hydrogen-bond acceptors (Lipinski definition) is 2. The Bertz CT molecular complexity index is 1780. The molecule has 0 saturated heterocycles. The van der Waals surface area contributed by atoms with Gasteiger partial charge in [0.2, 0.25) is 0 Å². The summed E-state index contributed by atoms with van der Waals surface area (Å²) >= 11 is 0. The van der Waals surface area contributed by atoms with E-state index >= 15 is 0 Å². The molecule has 2 aliphatic rings. The third-order valence-corrected chi connectivity index (χ3v) is 6.85. The van der Waals surface area contributed by atoms with Crippen LogP contribution in [0.4, 0.5) is 52.7 Å². The highest BCUT2D eigenvalue weighted by Crippen LogP contribution is 2.39. The minimum atomic E-state index is -4.84. The average Bonchev–Trinajstić information content (AvgIpc) is 3.88. The van der Waals surface area contributed by atoms with Gasteiger partial charge in [0.05, 0.1) is 22.2 Å². The zero-order valence-corrected chi connectivity index (χ0v) is 23.0. The van der Waals surface area contributed by atoms with Crippen molar-refractivity contribution < 1.29 is 52.7 Å². The van der Waals surface area contributed by atoms with Crippen LogP contribution in [0.25, 0.3) is 21.8 Å². The van der Waals surface area contributed by atoms with E-state index in [-0.39, 0.29) is 33.7 Å². The van der Waals surface area contributed by atoms with Crippen LogP contribution in [0.2, 0.25) is 0 Å². The number of rotatable bonds is 0. The van der Waals surface area contributed by atoms with Crippen molar-refractivity contribution in [3.8, 4) is 23.7 Å². The first kappa shape index (κ1) is 32.9. The van der Waals surface area contributed by atoms with Crippen LogP contribution in [0.3, 0.4) is 0 Å². The minimum Gasteiger partial charge on any atom is -0.243 e. The summed E-state index contributed by atoms with van der Waals surface area (Å²) in [6.45, 7) is 0. The minimum absolute atomic E-state index is 0.0269. The molecule has 0 radical (unpaired) electrons. The van der Waals surface area contributed by atoms with Crippen LogP contribution in [0.1, 0.15) is 59.3 Å². The summed E-state index contributed by atoms with van der Waals surface area (Å²) < 4.78 is 156. The predicted molar refractivity (Wildman–Crippen MR) is 143 cm³/mol. The van der Waals surface area contributed by atoms with E-state index in [4.69, 9.17) is 0 Å². The second-order valence-electron chi connectivity index (χ2n) is 10.6. The first-order chi connectivity index (χ1) is 21.3. The standard InChI is InChI=1S/2C16H9F6N/c2*17-15(18,19)12-3-1-2-11-10(7-6-9-4-5-9)8-13(16(20,21)22)23-14(11)12/h2*1-3,8-9H,4-5H2. The molecule has 4 aromatic rings. The molecular formula is C32H18F12N2. The summed E-state index contributed by atoms with van der Waals surface area (Å²) in [5, 5.41) is -0.0537. The lowest BCUT2D eigenvalue weighted by molar-refractivity contribution is -0.142. The molecule has 2 fully saturated rings. The molecule has 2 aromatic carbocycles. The highest BCUT2D eigenvalue weighted by molar-refractivity contribution is 5.89. The lowest BCUT2D eigenvalue weighted by Crippen LogP contribution is -2.12. The Balaban J connectivity index is 0.000000181. The molecule has 0 spiro atoms. The normalized spacial score (nSPS) is 15.4. The molecule has 0 N–H and O–H groups in total. The molecule has 0 aliphatic heterocycles. The van der Waals surface area contributed by atoms with E-state index in [0.717, 1.165) is 37.8 Å². The van der Waals surface area contributed by atoms with Gasteiger partial charge in [-0.3, -0.25) is 0 Å². The van der Waals surface area contributed by atoms with Crippen molar-refractivity contribution in [1.29, 1.82) is 0 Å². The van der Waals surface area contributed by atoms with E-state index < -0.39 is 58.3 Å². The van der Waals surface area contributed by atoms with Crippen molar-refractivity contribution in [2.24, 2.45) is 11.8 Å². The smallest absolute Gasteiger partial charge is 0.243 e. The molecule has 2 aromatic heterocycles. The largest absolute Gasteiger partial charge is 0.433 e. The van der Waals surface area contributed by atoms with E-state index in [1.165, 1.54) is 12.1 Å². The van der Waals surface area contributed by atoms with E-state index in [1.807, 2.05) is 0 Å². The van der Waals surface area contributed by atoms with Crippen LogP contribution in [-0.4, -0.2) is 9.97 Å². The van der Waals surface area contributed by atoms with E-state index in [2.05, 4.69) is 33.6 Å². The maximum absolute atomic E-state index is 13.0. The van der Waals surface area contributed by atoms with Gasteiger partial charge in [-0.1, -0.05) is 47.9 Å². The van der Waals surface area contributed by atoms with Gasteiger partial charge in [-0.05, 0) is 49.9 Å². The summed E-state index contributed by atoms with van der Waals surface area (Å²) in [5.41, 5.74) is -6.76. The monoisotopic (exact) mass is 658 g/mol. The maximum Gasteiger partial charge on any atom is 0.433 e. The zero-order chi connectivity index (χ0) is 33.7. The summed E-state index contributed by atoms with van der Waals surface area (Å²) in [5.74, 6) is 10.9. The zero-order valence-electron chi connectivity index (χ0n) is 23.0. The Hall–Kier alpha value is -4.46. The quantitative estimate of drug-likeness (QED) is 0.139. The third-order valence-electron chi connectivity index (χ3n) is 6.85. The molecule has 2 saturated carbocycles. The number of alkyl halides is 12. The molecule has 2 aliphatic carbocycles. The van der Waals surface area contributed by atoms with Gasteiger partial charge in [-0.2, -0.15) is 52.7 Å². The van der Waals surface area contributed by atoms with Crippen molar-refractivity contribution in [2.45, 2.75) is 50.4 Å². The van der Waals surface area contributed by atoms with Gasteiger partial charge >= 0.3 is 24.7 Å². The molecule has 0 bridgehead atoms. The highest BCUT2D eigenvalue weighted by Gasteiger charge is 2.38.